The van der Waals surface area contributed by atoms with Crippen molar-refractivity contribution in [1.29, 1.82) is 0 Å². The van der Waals surface area contributed by atoms with Crippen LogP contribution in [0.4, 0.5) is 0 Å². The summed E-state index contributed by atoms with van der Waals surface area (Å²) < 4.78 is 0. The van der Waals surface area contributed by atoms with Crippen molar-refractivity contribution in [3.63, 3.8) is 0 Å². The standard InChI is InChI=1S/C13H29NS/c1-11(8-10-15)7-9-14(6)12(2)13(3,4)5/h11-12,15H,7-10H2,1-6H3. The summed E-state index contributed by atoms with van der Waals surface area (Å²) in [5, 5.41) is 0. The first-order valence-corrected chi connectivity index (χ1v) is 6.73. The lowest BCUT2D eigenvalue weighted by Crippen LogP contribution is -2.40. The second kappa shape index (κ2) is 6.80. The molecule has 0 radical (unpaired) electrons. The van der Waals surface area contributed by atoms with Crippen molar-refractivity contribution < 1.29 is 0 Å². The lowest BCUT2D eigenvalue weighted by molar-refractivity contribution is 0.134. The average molecular weight is 231 g/mol. The Bertz CT molecular complexity index is 162. The first-order chi connectivity index (χ1) is 6.79. The van der Waals surface area contributed by atoms with Gasteiger partial charge in [-0.15, -0.1) is 0 Å². The minimum atomic E-state index is 0.377. The molecule has 0 saturated heterocycles. The molecule has 0 aromatic carbocycles. The van der Waals surface area contributed by atoms with Gasteiger partial charge < -0.3 is 4.90 Å². The fourth-order valence-electron chi connectivity index (χ4n) is 1.64. The minimum Gasteiger partial charge on any atom is -0.303 e. The second-order valence-corrected chi connectivity index (χ2v) is 6.38. The molecule has 0 heterocycles. The van der Waals surface area contributed by atoms with Crippen molar-refractivity contribution in [2.75, 3.05) is 19.3 Å². The van der Waals surface area contributed by atoms with E-state index in [0.29, 0.717) is 11.5 Å². The molecule has 0 aliphatic heterocycles. The quantitative estimate of drug-likeness (QED) is 0.682. The van der Waals surface area contributed by atoms with Gasteiger partial charge in [0.15, 0.2) is 0 Å². The molecule has 2 atom stereocenters. The summed E-state index contributed by atoms with van der Waals surface area (Å²) >= 11 is 4.28. The Kier molecular flexibility index (Phi) is 6.94. The lowest BCUT2D eigenvalue weighted by Gasteiger charge is -2.35. The van der Waals surface area contributed by atoms with E-state index in [2.05, 4.69) is 59.2 Å². The summed E-state index contributed by atoms with van der Waals surface area (Å²) in [6.07, 6.45) is 2.53. The number of hydrogen-bond donors (Lipinski definition) is 1. The van der Waals surface area contributed by atoms with E-state index in [9.17, 15) is 0 Å². The van der Waals surface area contributed by atoms with Crippen LogP contribution in [0.25, 0.3) is 0 Å². The number of nitrogens with zero attached hydrogens (tertiary/aromatic N) is 1. The van der Waals surface area contributed by atoms with Gasteiger partial charge >= 0.3 is 0 Å². The summed E-state index contributed by atoms with van der Waals surface area (Å²) in [4.78, 5) is 2.48. The largest absolute Gasteiger partial charge is 0.303 e. The Morgan fingerprint density at radius 3 is 2.07 bits per heavy atom. The Balaban J connectivity index is 3.88. The molecule has 1 nitrogen and oxygen atoms in total. The average Bonchev–Trinajstić information content (AvgIpc) is 2.12. The molecule has 0 aliphatic carbocycles. The van der Waals surface area contributed by atoms with Gasteiger partial charge in [0.1, 0.15) is 0 Å². The summed E-state index contributed by atoms with van der Waals surface area (Å²) in [6, 6.07) is 0.640. The van der Waals surface area contributed by atoms with Gasteiger partial charge in [-0.25, -0.2) is 0 Å². The van der Waals surface area contributed by atoms with Gasteiger partial charge in [-0.1, -0.05) is 27.7 Å². The van der Waals surface area contributed by atoms with Crippen molar-refractivity contribution in [2.24, 2.45) is 11.3 Å². The van der Waals surface area contributed by atoms with E-state index >= 15 is 0 Å². The first kappa shape index (κ1) is 15.3. The Morgan fingerprint density at radius 2 is 1.67 bits per heavy atom. The van der Waals surface area contributed by atoms with Gasteiger partial charge in [0.2, 0.25) is 0 Å². The molecular formula is C13H29NS. The SMILES string of the molecule is CC(CCS)CCN(C)C(C)C(C)(C)C. The third-order valence-electron chi connectivity index (χ3n) is 3.51. The minimum absolute atomic E-state index is 0.377. The van der Waals surface area contributed by atoms with Crippen LogP contribution in [0, 0.1) is 11.3 Å². The normalized spacial score (nSPS) is 16.8. The fourth-order valence-corrected chi connectivity index (χ4v) is 2.08. The Morgan fingerprint density at radius 1 is 1.13 bits per heavy atom. The highest BCUT2D eigenvalue weighted by Gasteiger charge is 2.23. The maximum atomic E-state index is 4.28. The van der Waals surface area contributed by atoms with E-state index in [-0.39, 0.29) is 0 Å². The maximum Gasteiger partial charge on any atom is 0.0112 e. The molecule has 0 spiro atoms. The van der Waals surface area contributed by atoms with Crippen LogP contribution in [0.1, 0.15) is 47.5 Å². The zero-order chi connectivity index (χ0) is 12.1. The smallest absolute Gasteiger partial charge is 0.0112 e. The summed E-state index contributed by atoms with van der Waals surface area (Å²) in [7, 11) is 2.24. The van der Waals surface area contributed by atoms with Crippen LogP contribution in [0.3, 0.4) is 0 Å². The van der Waals surface area contributed by atoms with Crippen LogP contribution in [-0.4, -0.2) is 30.3 Å². The van der Waals surface area contributed by atoms with Crippen molar-refractivity contribution in [2.45, 2.75) is 53.5 Å². The maximum absolute atomic E-state index is 4.28. The van der Waals surface area contributed by atoms with Gasteiger partial charge in [0.25, 0.3) is 0 Å². The predicted molar refractivity (Wildman–Crippen MR) is 73.8 cm³/mol. The van der Waals surface area contributed by atoms with Crippen LogP contribution in [0.2, 0.25) is 0 Å². The molecule has 0 aromatic heterocycles. The van der Waals surface area contributed by atoms with Crippen LogP contribution in [-0.2, 0) is 0 Å². The molecule has 15 heavy (non-hydrogen) atoms. The van der Waals surface area contributed by atoms with Gasteiger partial charge in [-0.05, 0) is 50.4 Å². The molecule has 0 N–H and O–H groups in total. The summed E-state index contributed by atoms with van der Waals surface area (Å²) in [5.41, 5.74) is 0.377. The Labute approximate surface area is 102 Å². The Hall–Kier alpha value is 0.310. The van der Waals surface area contributed by atoms with E-state index in [0.717, 1.165) is 11.7 Å². The van der Waals surface area contributed by atoms with Gasteiger partial charge in [0, 0.05) is 6.04 Å². The van der Waals surface area contributed by atoms with Crippen molar-refractivity contribution in [3.05, 3.63) is 0 Å². The van der Waals surface area contributed by atoms with E-state index in [1.165, 1.54) is 19.4 Å². The summed E-state index contributed by atoms with van der Waals surface area (Å²) in [5.74, 6) is 1.82. The first-order valence-electron chi connectivity index (χ1n) is 6.10. The third kappa shape index (κ3) is 6.47. The zero-order valence-corrected chi connectivity index (χ0v) is 12.3. The topological polar surface area (TPSA) is 3.24 Å². The molecule has 0 aromatic rings. The van der Waals surface area contributed by atoms with Crippen LogP contribution < -0.4 is 0 Å². The van der Waals surface area contributed by atoms with E-state index in [4.69, 9.17) is 0 Å². The van der Waals surface area contributed by atoms with Gasteiger partial charge in [-0.3, -0.25) is 0 Å². The van der Waals surface area contributed by atoms with Gasteiger partial charge in [0.05, 0.1) is 0 Å². The third-order valence-corrected chi connectivity index (χ3v) is 3.77. The zero-order valence-electron chi connectivity index (χ0n) is 11.4. The fraction of sp³-hybridized carbons (Fsp3) is 1.00. The van der Waals surface area contributed by atoms with Crippen LogP contribution >= 0.6 is 12.6 Å². The molecule has 92 valence electrons. The molecule has 0 aliphatic rings. The number of rotatable bonds is 6. The summed E-state index contributed by atoms with van der Waals surface area (Å²) in [6.45, 7) is 12.8. The second-order valence-electron chi connectivity index (χ2n) is 5.93. The molecule has 0 amide bonds. The molecule has 0 fully saturated rings. The molecule has 2 heteroatoms. The number of hydrogen-bond acceptors (Lipinski definition) is 2. The van der Waals surface area contributed by atoms with Crippen LogP contribution in [0.5, 0.6) is 0 Å². The van der Waals surface area contributed by atoms with Crippen LogP contribution in [0.15, 0.2) is 0 Å². The van der Waals surface area contributed by atoms with Crippen molar-refractivity contribution in [3.8, 4) is 0 Å². The van der Waals surface area contributed by atoms with E-state index in [1.54, 1.807) is 0 Å². The molecule has 0 saturated carbocycles. The monoisotopic (exact) mass is 231 g/mol. The lowest BCUT2D eigenvalue weighted by atomic mass is 9.87. The van der Waals surface area contributed by atoms with Crippen molar-refractivity contribution >= 4 is 12.6 Å². The molecule has 0 bridgehead atoms. The molecule has 0 rings (SSSR count). The molecule has 2 unspecified atom stereocenters. The van der Waals surface area contributed by atoms with E-state index < -0.39 is 0 Å². The predicted octanol–water partition coefficient (Wildman–Crippen LogP) is 3.70. The highest BCUT2D eigenvalue weighted by molar-refractivity contribution is 7.80. The highest BCUT2D eigenvalue weighted by atomic mass is 32.1. The highest BCUT2D eigenvalue weighted by Crippen LogP contribution is 2.23. The van der Waals surface area contributed by atoms with Crippen molar-refractivity contribution in [1.82, 2.24) is 4.90 Å². The van der Waals surface area contributed by atoms with E-state index in [1.807, 2.05) is 0 Å². The molecular weight excluding hydrogens is 202 g/mol. The number of thiol groups is 1. The van der Waals surface area contributed by atoms with Gasteiger partial charge in [-0.2, -0.15) is 12.6 Å².